The molecule has 0 aliphatic rings. The van der Waals surface area contributed by atoms with Gasteiger partial charge in [-0.1, -0.05) is 65.1 Å². The van der Waals surface area contributed by atoms with E-state index in [1.54, 1.807) is 6.07 Å². The van der Waals surface area contributed by atoms with Crippen LogP contribution in [0.15, 0.2) is 66.7 Å². The van der Waals surface area contributed by atoms with Crippen LogP contribution in [0.3, 0.4) is 0 Å². The van der Waals surface area contributed by atoms with Crippen LogP contribution in [-0.4, -0.2) is 9.55 Å². The largest absolute Gasteiger partial charge is 0.352 e. The highest BCUT2D eigenvalue weighted by Crippen LogP contribution is 2.25. The minimum atomic E-state index is 0.547. The highest BCUT2D eigenvalue weighted by Gasteiger charge is 2.11. The first kappa shape index (κ1) is 18.2. The number of nitrogens with zero attached hydrogens (tertiary/aromatic N) is 2. The van der Waals surface area contributed by atoms with Crippen LogP contribution in [0.25, 0.3) is 11.0 Å². The number of para-hydroxylation sites is 2. The van der Waals surface area contributed by atoms with Crippen molar-refractivity contribution in [3.63, 3.8) is 0 Å². The number of aromatic nitrogens is 2. The summed E-state index contributed by atoms with van der Waals surface area (Å²) >= 11 is 18.1. The van der Waals surface area contributed by atoms with Gasteiger partial charge in [0.25, 0.3) is 0 Å². The van der Waals surface area contributed by atoms with Gasteiger partial charge in [0.15, 0.2) is 0 Å². The first-order valence-electron chi connectivity index (χ1n) is 8.48. The van der Waals surface area contributed by atoms with E-state index in [4.69, 9.17) is 39.8 Å². The van der Waals surface area contributed by atoms with E-state index in [1.807, 2.05) is 54.6 Å². The molecule has 0 bridgehead atoms. The maximum atomic E-state index is 6.12. The van der Waals surface area contributed by atoms with Crippen LogP contribution < -0.4 is 5.32 Å². The lowest BCUT2D eigenvalue weighted by Crippen LogP contribution is -2.08. The summed E-state index contributed by atoms with van der Waals surface area (Å²) in [5.41, 5.74) is 4.21. The molecule has 0 saturated heterocycles. The molecule has 1 aromatic heterocycles. The molecule has 6 heteroatoms. The van der Waals surface area contributed by atoms with Gasteiger partial charge in [-0.15, -0.1) is 0 Å². The second-order valence-corrected chi connectivity index (χ2v) is 7.49. The van der Waals surface area contributed by atoms with Crippen LogP contribution in [0.2, 0.25) is 15.1 Å². The van der Waals surface area contributed by atoms with Crippen LogP contribution in [0.4, 0.5) is 5.95 Å². The number of rotatable bonds is 5. The van der Waals surface area contributed by atoms with Gasteiger partial charge in [0.1, 0.15) is 0 Å². The predicted molar refractivity (Wildman–Crippen MR) is 114 cm³/mol. The fourth-order valence-electron chi connectivity index (χ4n) is 2.97. The number of nitrogens with one attached hydrogen (secondary N) is 1. The van der Waals surface area contributed by atoms with E-state index in [0.717, 1.165) is 33.1 Å². The minimum absolute atomic E-state index is 0.547. The Bertz CT molecular complexity index is 1090. The number of fused-ring (bicyclic) bond motifs is 1. The van der Waals surface area contributed by atoms with Gasteiger partial charge in [0.05, 0.1) is 27.6 Å². The van der Waals surface area contributed by atoms with E-state index in [-0.39, 0.29) is 0 Å². The molecule has 4 rings (SSSR count). The van der Waals surface area contributed by atoms with E-state index in [9.17, 15) is 0 Å². The molecule has 0 unspecified atom stereocenters. The Kier molecular flexibility index (Phi) is 5.26. The number of anilines is 1. The molecular weight excluding hydrogens is 401 g/mol. The van der Waals surface area contributed by atoms with Crippen molar-refractivity contribution in [3.05, 3.63) is 92.9 Å². The third-order valence-corrected chi connectivity index (χ3v) is 5.33. The summed E-state index contributed by atoms with van der Waals surface area (Å²) in [7, 11) is 0. The molecule has 0 aliphatic heterocycles. The van der Waals surface area contributed by atoms with Crippen LogP contribution in [0.5, 0.6) is 0 Å². The maximum Gasteiger partial charge on any atom is 0.204 e. The summed E-state index contributed by atoms with van der Waals surface area (Å²) in [4.78, 5) is 4.75. The second kappa shape index (κ2) is 7.81. The van der Waals surface area contributed by atoms with Crippen LogP contribution in [0.1, 0.15) is 11.1 Å². The standard InChI is InChI=1S/C21H16Cl3N3/c22-16-8-5-14(6-9-16)13-27-20-4-2-1-3-19(20)26-21(27)25-12-15-7-10-17(23)18(24)11-15/h1-11H,12-13H2,(H,25,26). The zero-order valence-electron chi connectivity index (χ0n) is 14.3. The van der Waals surface area contributed by atoms with E-state index in [1.165, 1.54) is 0 Å². The zero-order valence-corrected chi connectivity index (χ0v) is 16.6. The molecule has 1 N–H and O–H groups in total. The summed E-state index contributed by atoms with van der Waals surface area (Å²) in [5.74, 6) is 0.803. The molecule has 0 fully saturated rings. The first-order valence-corrected chi connectivity index (χ1v) is 9.61. The van der Waals surface area contributed by atoms with Crippen molar-refractivity contribution in [2.24, 2.45) is 0 Å². The van der Waals surface area contributed by atoms with Crippen molar-refractivity contribution in [1.82, 2.24) is 9.55 Å². The fraction of sp³-hybridized carbons (Fsp3) is 0.0952. The summed E-state index contributed by atoms with van der Waals surface area (Å²) < 4.78 is 2.16. The first-order chi connectivity index (χ1) is 13.1. The average Bonchev–Trinajstić information content (AvgIpc) is 3.02. The molecule has 0 saturated carbocycles. The van der Waals surface area contributed by atoms with Gasteiger partial charge in [-0.25, -0.2) is 4.98 Å². The van der Waals surface area contributed by atoms with Crippen molar-refractivity contribution in [2.45, 2.75) is 13.1 Å². The molecule has 0 spiro atoms. The molecule has 0 amide bonds. The van der Waals surface area contributed by atoms with Gasteiger partial charge in [-0.2, -0.15) is 0 Å². The normalized spacial score (nSPS) is 11.1. The Morgan fingerprint density at radius 1 is 0.815 bits per heavy atom. The Morgan fingerprint density at radius 2 is 1.56 bits per heavy atom. The summed E-state index contributed by atoms with van der Waals surface area (Å²) in [6.07, 6.45) is 0. The van der Waals surface area contributed by atoms with Crippen molar-refractivity contribution >= 4 is 51.8 Å². The quantitative estimate of drug-likeness (QED) is 0.394. The van der Waals surface area contributed by atoms with E-state index in [0.29, 0.717) is 23.1 Å². The lowest BCUT2D eigenvalue weighted by atomic mass is 10.2. The van der Waals surface area contributed by atoms with Crippen molar-refractivity contribution in [1.29, 1.82) is 0 Å². The van der Waals surface area contributed by atoms with E-state index < -0.39 is 0 Å². The third-order valence-electron chi connectivity index (χ3n) is 4.34. The Morgan fingerprint density at radius 3 is 2.33 bits per heavy atom. The highest BCUT2D eigenvalue weighted by atomic mass is 35.5. The van der Waals surface area contributed by atoms with Crippen molar-refractivity contribution in [2.75, 3.05) is 5.32 Å². The van der Waals surface area contributed by atoms with Crippen LogP contribution in [0, 0.1) is 0 Å². The lowest BCUT2D eigenvalue weighted by molar-refractivity contribution is 0.822. The number of hydrogen-bond acceptors (Lipinski definition) is 2. The van der Waals surface area contributed by atoms with Crippen molar-refractivity contribution < 1.29 is 0 Å². The monoisotopic (exact) mass is 415 g/mol. The molecule has 4 aromatic rings. The molecule has 0 radical (unpaired) electrons. The number of benzene rings is 3. The number of hydrogen-bond donors (Lipinski definition) is 1. The summed E-state index contributed by atoms with van der Waals surface area (Å²) in [5, 5.41) is 5.25. The third kappa shape index (κ3) is 4.06. The van der Waals surface area contributed by atoms with Gasteiger partial charge >= 0.3 is 0 Å². The molecule has 3 aromatic carbocycles. The Balaban J connectivity index is 1.64. The second-order valence-electron chi connectivity index (χ2n) is 6.24. The Hall–Kier alpha value is -2.20. The fourth-order valence-corrected chi connectivity index (χ4v) is 3.42. The highest BCUT2D eigenvalue weighted by molar-refractivity contribution is 6.42. The summed E-state index contributed by atoms with van der Waals surface area (Å²) in [6, 6.07) is 21.6. The van der Waals surface area contributed by atoms with Gasteiger partial charge in [0.2, 0.25) is 5.95 Å². The maximum absolute atomic E-state index is 6.12. The molecule has 3 nitrogen and oxygen atoms in total. The molecular formula is C21H16Cl3N3. The van der Waals surface area contributed by atoms with Crippen molar-refractivity contribution in [3.8, 4) is 0 Å². The molecule has 136 valence electrons. The predicted octanol–water partition coefficient (Wildman–Crippen LogP) is 6.66. The molecule has 1 heterocycles. The lowest BCUT2D eigenvalue weighted by Gasteiger charge is -2.12. The topological polar surface area (TPSA) is 29.9 Å². The molecule has 0 aliphatic carbocycles. The minimum Gasteiger partial charge on any atom is -0.352 e. The smallest absolute Gasteiger partial charge is 0.204 e. The molecule has 27 heavy (non-hydrogen) atoms. The van der Waals surface area contributed by atoms with E-state index in [2.05, 4.69) is 16.0 Å². The van der Waals surface area contributed by atoms with Gasteiger partial charge in [-0.3, -0.25) is 0 Å². The zero-order chi connectivity index (χ0) is 18.8. The SMILES string of the molecule is Clc1ccc(Cn2c(NCc3ccc(Cl)c(Cl)c3)nc3ccccc32)cc1. The number of halogens is 3. The average molecular weight is 417 g/mol. The molecule has 0 atom stereocenters. The Labute approximate surface area is 172 Å². The van der Waals surface area contributed by atoms with Crippen LogP contribution >= 0.6 is 34.8 Å². The van der Waals surface area contributed by atoms with Gasteiger partial charge in [0, 0.05) is 11.6 Å². The van der Waals surface area contributed by atoms with Crippen LogP contribution in [-0.2, 0) is 13.1 Å². The summed E-state index contributed by atoms with van der Waals surface area (Å²) in [6.45, 7) is 1.29. The van der Waals surface area contributed by atoms with Gasteiger partial charge < -0.3 is 9.88 Å². The van der Waals surface area contributed by atoms with E-state index >= 15 is 0 Å². The number of imidazole rings is 1. The van der Waals surface area contributed by atoms with Gasteiger partial charge in [-0.05, 0) is 47.5 Å².